The van der Waals surface area contributed by atoms with E-state index in [4.69, 9.17) is 31.0 Å². The first-order chi connectivity index (χ1) is 10.8. The molecule has 1 fully saturated rings. The van der Waals surface area contributed by atoms with E-state index < -0.39 is 7.11 Å². The first kappa shape index (κ1) is 21.4. The van der Waals surface area contributed by atoms with Crippen LogP contribution in [0.15, 0.2) is 0 Å². The van der Waals surface area contributed by atoms with E-state index in [0.29, 0.717) is 18.3 Å². The molecule has 0 aromatic rings. The number of thiocarbonyl (C=S) groups is 1. The molecular formula is C13H28BN2O4P2S. The number of hydrogen-bond donors (Lipinski definition) is 2. The van der Waals surface area contributed by atoms with E-state index in [2.05, 4.69) is 26.1 Å². The highest BCUT2D eigenvalue weighted by atomic mass is 32.1. The minimum atomic E-state index is -1.73. The zero-order valence-corrected chi connectivity index (χ0v) is 17.1. The molecule has 2 unspecified atom stereocenters. The van der Waals surface area contributed by atoms with Crippen LogP contribution in [-0.2, 0) is 18.7 Å². The molecule has 1 radical (unpaired) electrons. The molecule has 1 aliphatic heterocycles. The third-order valence-electron chi connectivity index (χ3n) is 3.16. The minimum Gasteiger partial charge on any atom is -0.463 e. The zero-order chi connectivity index (χ0) is 17.5. The first-order valence-corrected chi connectivity index (χ1v) is 11.3. The summed E-state index contributed by atoms with van der Waals surface area (Å²) in [4.78, 5) is 0. The lowest BCUT2D eigenvalue weighted by Crippen LogP contribution is -2.43. The summed E-state index contributed by atoms with van der Waals surface area (Å²) in [7, 11) is 4.36. The van der Waals surface area contributed by atoms with Gasteiger partial charge >= 0.3 is 0 Å². The Labute approximate surface area is 148 Å². The molecule has 6 nitrogen and oxygen atoms in total. The molecule has 5 atom stereocenters. The molecule has 10 heteroatoms. The fraction of sp³-hybridized carbons (Fsp3) is 0.846. The van der Waals surface area contributed by atoms with E-state index in [9.17, 15) is 0 Å². The number of rotatable bonds is 9. The average molecular weight is 381 g/mol. The smallest absolute Gasteiger partial charge is 0.257 e. The van der Waals surface area contributed by atoms with Crippen molar-refractivity contribution < 1.29 is 18.7 Å². The standard InChI is InChI=1S/C13H28BN2O4P2S/c1-15-6-7-16-13(23)19-11-10(20-22(3,4)5)9(8-17-2)18-12(11)14-21/h9-12,15H,3,6-8,21H2,1-2,4-5H3,(H,16,23)/t9-,10+,11?,12-/m1/s1. The summed E-state index contributed by atoms with van der Waals surface area (Å²) in [5, 5.41) is 6.45. The molecule has 0 amide bonds. The molecule has 0 spiro atoms. The van der Waals surface area contributed by atoms with Gasteiger partial charge in [-0.3, -0.25) is 0 Å². The average Bonchev–Trinajstić information content (AvgIpc) is 2.76. The summed E-state index contributed by atoms with van der Waals surface area (Å²) in [6.45, 7) is 7.82. The lowest BCUT2D eigenvalue weighted by atomic mass is 9.91. The van der Waals surface area contributed by atoms with Gasteiger partial charge in [0.25, 0.3) is 5.17 Å². The van der Waals surface area contributed by atoms with Crippen LogP contribution >= 0.6 is 28.4 Å². The van der Waals surface area contributed by atoms with Crippen LogP contribution in [0.3, 0.4) is 0 Å². The third kappa shape index (κ3) is 7.39. The second-order valence-electron chi connectivity index (χ2n) is 5.83. The van der Waals surface area contributed by atoms with Crippen molar-refractivity contribution in [2.45, 2.75) is 24.3 Å². The second-order valence-corrected chi connectivity index (χ2v) is 9.95. The Morgan fingerprint density at radius 2 is 2.09 bits per heavy atom. The maximum Gasteiger partial charge on any atom is 0.257 e. The van der Waals surface area contributed by atoms with Crippen molar-refractivity contribution in [2.75, 3.05) is 47.2 Å². The first-order valence-electron chi connectivity index (χ1n) is 7.47. The molecule has 133 valence electrons. The van der Waals surface area contributed by atoms with Gasteiger partial charge in [0, 0.05) is 20.2 Å². The van der Waals surface area contributed by atoms with Crippen LogP contribution in [0.4, 0.5) is 0 Å². The van der Waals surface area contributed by atoms with Crippen molar-refractivity contribution in [3.05, 3.63) is 0 Å². The Morgan fingerprint density at radius 3 is 2.61 bits per heavy atom. The van der Waals surface area contributed by atoms with Gasteiger partial charge in [-0.15, -0.1) is 0 Å². The molecule has 0 aliphatic carbocycles. The maximum absolute atomic E-state index is 6.18. The zero-order valence-electron chi connectivity index (χ0n) is 14.3. The van der Waals surface area contributed by atoms with Gasteiger partial charge in [-0.1, -0.05) is 6.30 Å². The summed E-state index contributed by atoms with van der Waals surface area (Å²) in [6, 6.07) is -0.235. The molecule has 0 aromatic heterocycles. The van der Waals surface area contributed by atoms with Gasteiger partial charge in [0.05, 0.1) is 12.6 Å². The van der Waals surface area contributed by atoms with E-state index in [1.165, 1.54) is 0 Å². The SMILES string of the molecule is C=P(C)(C)O[C@@H]1C(OC(=S)NCCNC)[C@H]([B]P)O[C@@H]1COC. The van der Waals surface area contributed by atoms with Crippen LogP contribution in [0.2, 0.25) is 0 Å². The number of nitrogens with one attached hydrogen (secondary N) is 2. The Morgan fingerprint density at radius 1 is 1.39 bits per heavy atom. The molecule has 1 rings (SSSR count). The van der Waals surface area contributed by atoms with Crippen LogP contribution in [0, 0.1) is 0 Å². The van der Waals surface area contributed by atoms with Crippen molar-refractivity contribution >= 4 is 46.9 Å². The van der Waals surface area contributed by atoms with Gasteiger partial charge in [-0.05, 0) is 39.7 Å². The maximum atomic E-state index is 6.18. The fourth-order valence-electron chi connectivity index (χ4n) is 2.25. The van der Waals surface area contributed by atoms with Crippen LogP contribution in [0.25, 0.3) is 0 Å². The molecule has 1 aliphatic rings. The van der Waals surface area contributed by atoms with E-state index in [-0.39, 0.29) is 24.3 Å². The summed E-state index contributed by atoms with van der Waals surface area (Å²) < 4.78 is 23.3. The molecule has 23 heavy (non-hydrogen) atoms. The summed E-state index contributed by atoms with van der Waals surface area (Å²) >= 11 is 5.27. The number of methoxy groups -OCH3 is 1. The Balaban J connectivity index is 2.79. The molecular weight excluding hydrogens is 353 g/mol. The number of hydrogen-bond acceptors (Lipinski definition) is 6. The molecule has 0 saturated carbocycles. The summed E-state index contributed by atoms with van der Waals surface area (Å²) in [6.07, 6.45) is 3.30. The topological polar surface area (TPSA) is 61.0 Å². The monoisotopic (exact) mass is 381 g/mol. The number of ether oxygens (including phenoxy) is 3. The van der Waals surface area contributed by atoms with Gasteiger partial charge in [0.2, 0.25) is 0 Å². The van der Waals surface area contributed by atoms with Crippen molar-refractivity contribution in [1.82, 2.24) is 10.6 Å². The van der Waals surface area contributed by atoms with Crippen molar-refractivity contribution in [3.8, 4) is 0 Å². The highest BCUT2D eigenvalue weighted by Crippen LogP contribution is 2.43. The minimum absolute atomic E-state index is 0.215. The molecule has 1 heterocycles. The van der Waals surface area contributed by atoms with Gasteiger partial charge in [0.15, 0.2) is 7.00 Å². The van der Waals surface area contributed by atoms with Gasteiger partial charge in [-0.2, -0.15) is 9.12 Å². The van der Waals surface area contributed by atoms with Crippen LogP contribution in [0.1, 0.15) is 0 Å². The van der Waals surface area contributed by atoms with E-state index in [1.54, 1.807) is 7.11 Å². The molecule has 1 saturated heterocycles. The quantitative estimate of drug-likeness (QED) is 0.259. The van der Waals surface area contributed by atoms with Gasteiger partial charge in [0.1, 0.15) is 18.3 Å². The summed E-state index contributed by atoms with van der Waals surface area (Å²) in [5.74, 6) is 0. The van der Waals surface area contributed by atoms with Crippen molar-refractivity contribution in [2.24, 2.45) is 0 Å². The lowest BCUT2D eigenvalue weighted by molar-refractivity contribution is -0.00886. The van der Waals surface area contributed by atoms with Crippen LogP contribution < -0.4 is 10.6 Å². The molecule has 0 aromatic carbocycles. The van der Waals surface area contributed by atoms with E-state index in [0.717, 1.165) is 6.54 Å². The highest BCUT2D eigenvalue weighted by Gasteiger charge is 2.47. The summed E-state index contributed by atoms with van der Waals surface area (Å²) in [5.41, 5.74) is 0. The normalized spacial score (nSPS) is 27.7. The van der Waals surface area contributed by atoms with Crippen LogP contribution in [0.5, 0.6) is 0 Å². The van der Waals surface area contributed by atoms with E-state index >= 15 is 0 Å². The Kier molecular flexibility index (Phi) is 9.61. The van der Waals surface area contributed by atoms with Gasteiger partial charge in [-0.25, -0.2) is 0 Å². The molecule has 2 N–H and O–H groups in total. The Bertz CT molecular complexity index is 427. The van der Waals surface area contributed by atoms with Crippen molar-refractivity contribution in [3.63, 3.8) is 0 Å². The molecule has 0 bridgehead atoms. The van der Waals surface area contributed by atoms with E-state index in [1.807, 2.05) is 27.4 Å². The lowest BCUT2D eigenvalue weighted by Gasteiger charge is -2.29. The predicted molar refractivity (Wildman–Crippen MR) is 106 cm³/mol. The van der Waals surface area contributed by atoms with Gasteiger partial charge < -0.3 is 29.4 Å². The van der Waals surface area contributed by atoms with Crippen LogP contribution in [-0.4, -0.2) is 90.0 Å². The Hall–Kier alpha value is 0.325. The third-order valence-corrected chi connectivity index (χ3v) is 4.60. The second kappa shape index (κ2) is 10.3. The highest BCUT2D eigenvalue weighted by molar-refractivity contribution is 7.80. The predicted octanol–water partition coefficient (Wildman–Crippen LogP) is 0.341. The van der Waals surface area contributed by atoms with Crippen molar-refractivity contribution in [1.29, 1.82) is 0 Å². The fourth-order valence-corrected chi connectivity index (χ4v) is 3.69. The number of likely N-dealkylation sites (N-methyl/N-ethyl adjacent to an activating group) is 1. The largest absolute Gasteiger partial charge is 0.463 e.